The zero-order valence-electron chi connectivity index (χ0n) is 11.4. The van der Waals surface area contributed by atoms with E-state index in [2.05, 4.69) is 10.3 Å². The molecule has 0 atom stereocenters. The van der Waals surface area contributed by atoms with Crippen LogP contribution >= 0.6 is 22.9 Å². The largest absolute Gasteiger partial charge is 0.356 e. The molecule has 1 heterocycles. The summed E-state index contributed by atoms with van der Waals surface area (Å²) in [6.45, 7) is 2.61. The lowest BCUT2D eigenvalue weighted by atomic mass is 10.1. The Balaban J connectivity index is 1.69. The van der Waals surface area contributed by atoms with Gasteiger partial charge in [0.1, 0.15) is 0 Å². The quantitative estimate of drug-likeness (QED) is 0.888. The second kappa shape index (κ2) is 7.41. The molecule has 0 aliphatic carbocycles. The molecule has 20 heavy (non-hydrogen) atoms. The third-order valence-corrected chi connectivity index (χ3v) is 4.14. The Morgan fingerprint density at radius 3 is 2.85 bits per heavy atom. The highest BCUT2D eigenvalue weighted by Gasteiger charge is 2.05. The van der Waals surface area contributed by atoms with Crippen molar-refractivity contribution in [1.82, 2.24) is 10.3 Å². The maximum absolute atomic E-state index is 11.8. The van der Waals surface area contributed by atoms with Crippen LogP contribution in [0.15, 0.2) is 29.6 Å². The predicted molar refractivity (Wildman–Crippen MR) is 83.3 cm³/mol. The summed E-state index contributed by atoms with van der Waals surface area (Å²) >= 11 is 7.69. The topological polar surface area (TPSA) is 42.0 Å². The smallest absolute Gasteiger partial charge is 0.220 e. The van der Waals surface area contributed by atoms with Crippen molar-refractivity contribution in [1.29, 1.82) is 0 Å². The minimum Gasteiger partial charge on any atom is -0.356 e. The van der Waals surface area contributed by atoms with E-state index >= 15 is 0 Å². The van der Waals surface area contributed by atoms with E-state index in [1.807, 2.05) is 36.6 Å². The maximum Gasteiger partial charge on any atom is 0.220 e. The molecule has 3 nitrogen and oxygen atoms in total. The number of aromatic nitrogens is 1. The Labute approximate surface area is 128 Å². The summed E-state index contributed by atoms with van der Waals surface area (Å²) in [6.07, 6.45) is 1.91. The zero-order chi connectivity index (χ0) is 14.4. The molecule has 2 aromatic rings. The van der Waals surface area contributed by atoms with Gasteiger partial charge in [0.2, 0.25) is 5.91 Å². The molecule has 106 valence electrons. The number of hydrogen-bond acceptors (Lipinski definition) is 3. The molecule has 0 saturated carbocycles. The van der Waals surface area contributed by atoms with Crippen molar-refractivity contribution in [2.75, 3.05) is 6.54 Å². The Bertz CT molecular complexity index is 583. The number of rotatable bonds is 6. The molecule has 1 aromatic heterocycles. The summed E-state index contributed by atoms with van der Waals surface area (Å²) in [5.41, 5.74) is 2.05. The van der Waals surface area contributed by atoms with E-state index in [0.717, 1.165) is 27.7 Å². The molecular weight excluding hydrogens is 292 g/mol. The first-order chi connectivity index (χ1) is 9.65. The molecule has 0 aliphatic heterocycles. The minimum atomic E-state index is 0.0527. The van der Waals surface area contributed by atoms with Crippen LogP contribution in [0.3, 0.4) is 0 Å². The van der Waals surface area contributed by atoms with Crippen LogP contribution in [0.1, 0.15) is 22.7 Å². The highest BCUT2D eigenvalue weighted by molar-refractivity contribution is 7.09. The molecule has 5 heteroatoms. The molecule has 1 amide bonds. The summed E-state index contributed by atoms with van der Waals surface area (Å²) in [7, 11) is 0. The van der Waals surface area contributed by atoms with Gasteiger partial charge in [0, 0.05) is 29.8 Å². The van der Waals surface area contributed by atoms with Gasteiger partial charge in [-0.1, -0.05) is 29.8 Å². The standard InChI is InChI=1S/C15H17ClN2OS/c1-11-18-13(10-20-11)8-9-17-15(19)7-6-12-4-2-3-5-14(12)16/h2-5,10H,6-9H2,1H3,(H,17,19). The number of benzene rings is 1. The lowest BCUT2D eigenvalue weighted by molar-refractivity contribution is -0.121. The van der Waals surface area contributed by atoms with Gasteiger partial charge in [0.15, 0.2) is 0 Å². The minimum absolute atomic E-state index is 0.0527. The molecule has 0 fully saturated rings. The second-order valence-electron chi connectivity index (χ2n) is 4.55. The van der Waals surface area contributed by atoms with Gasteiger partial charge in [-0.25, -0.2) is 4.98 Å². The van der Waals surface area contributed by atoms with Gasteiger partial charge in [0.05, 0.1) is 10.7 Å². The van der Waals surface area contributed by atoms with E-state index in [-0.39, 0.29) is 5.91 Å². The maximum atomic E-state index is 11.8. The van der Waals surface area contributed by atoms with Gasteiger partial charge in [-0.3, -0.25) is 4.79 Å². The highest BCUT2D eigenvalue weighted by atomic mass is 35.5. The fraction of sp³-hybridized carbons (Fsp3) is 0.333. The Kier molecular flexibility index (Phi) is 5.56. The van der Waals surface area contributed by atoms with Crippen molar-refractivity contribution in [2.45, 2.75) is 26.2 Å². The molecule has 0 saturated heterocycles. The molecule has 0 unspecified atom stereocenters. The number of hydrogen-bond donors (Lipinski definition) is 1. The fourth-order valence-electron chi connectivity index (χ4n) is 1.89. The van der Waals surface area contributed by atoms with Gasteiger partial charge in [-0.05, 0) is 25.0 Å². The first-order valence-electron chi connectivity index (χ1n) is 6.56. The Hall–Kier alpha value is -1.39. The number of aryl methyl sites for hydroxylation is 2. The molecule has 0 aliphatic rings. The van der Waals surface area contributed by atoms with Crippen molar-refractivity contribution in [3.63, 3.8) is 0 Å². The molecule has 0 spiro atoms. The molecular formula is C15H17ClN2OS. The van der Waals surface area contributed by atoms with E-state index in [1.165, 1.54) is 0 Å². The first kappa shape index (κ1) is 15.0. The summed E-state index contributed by atoms with van der Waals surface area (Å²) in [5.74, 6) is 0.0527. The van der Waals surface area contributed by atoms with Crippen molar-refractivity contribution < 1.29 is 4.79 Å². The van der Waals surface area contributed by atoms with E-state index in [0.29, 0.717) is 19.4 Å². The van der Waals surface area contributed by atoms with Crippen molar-refractivity contribution in [2.24, 2.45) is 0 Å². The van der Waals surface area contributed by atoms with E-state index in [9.17, 15) is 4.79 Å². The monoisotopic (exact) mass is 308 g/mol. The average molecular weight is 309 g/mol. The third kappa shape index (κ3) is 4.62. The van der Waals surface area contributed by atoms with Gasteiger partial charge >= 0.3 is 0 Å². The molecule has 1 N–H and O–H groups in total. The van der Waals surface area contributed by atoms with Crippen LogP contribution in [-0.2, 0) is 17.6 Å². The Morgan fingerprint density at radius 2 is 2.15 bits per heavy atom. The zero-order valence-corrected chi connectivity index (χ0v) is 12.9. The Morgan fingerprint density at radius 1 is 1.35 bits per heavy atom. The second-order valence-corrected chi connectivity index (χ2v) is 6.02. The van der Waals surface area contributed by atoms with Gasteiger partial charge in [0.25, 0.3) is 0 Å². The third-order valence-electron chi connectivity index (χ3n) is 2.95. The molecule has 2 rings (SSSR count). The molecule has 1 aromatic carbocycles. The fourth-order valence-corrected chi connectivity index (χ4v) is 2.77. The van der Waals surface area contributed by atoms with Crippen LogP contribution in [0.25, 0.3) is 0 Å². The number of halogens is 1. The van der Waals surface area contributed by atoms with Crippen LogP contribution in [-0.4, -0.2) is 17.4 Å². The van der Waals surface area contributed by atoms with Gasteiger partial charge in [-0.15, -0.1) is 11.3 Å². The van der Waals surface area contributed by atoms with E-state index < -0.39 is 0 Å². The van der Waals surface area contributed by atoms with Crippen LogP contribution in [0.4, 0.5) is 0 Å². The summed E-state index contributed by atoms with van der Waals surface area (Å²) < 4.78 is 0. The number of carbonyl (C=O) groups excluding carboxylic acids is 1. The first-order valence-corrected chi connectivity index (χ1v) is 7.82. The van der Waals surface area contributed by atoms with Crippen molar-refractivity contribution in [3.8, 4) is 0 Å². The average Bonchev–Trinajstić information content (AvgIpc) is 2.83. The van der Waals surface area contributed by atoms with Gasteiger partial charge < -0.3 is 5.32 Å². The lowest BCUT2D eigenvalue weighted by Crippen LogP contribution is -2.25. The number of nitrogens with one attached hydrogen (secondary N) is 1. The number of thiazole rings is 1. The summed E-state index contributed by atoms with van der Waals surface area (Å²) in [4.78, 5) is 16.1. The molecule has 0 radical (unpaired) electrons. The predicted octanol–water partition coefficient (Wildman–Crippen LogP) is 3.40. The highest BCUT2D eigenvalue weighted by Crippen LogP contribution is 2.16. The summed E-state index contributed by atoms with van der Waals surface area (Å²) in [5, 5.41) is 6.73. The summed E-state index contributed by atoms with van der Waals surface area (Å²) in [6, 6.07) is 7.62. The number of carbonyl (C=O) groups is 1. The van der Waals surface area contributed by atoms with Gasteiger partial charge in [-0.2, -0.15) is 0 Å². The normalized spacial score (nSPS) is 10.5. The van der Waals surface area contributed by atoms with Crippen molar-refractivity contribution >= 4 is 28.8 Å². The molecule has 0 bridgehead atoms. The van der Waals surface area contributed by atoms with E-state index in [4.69, 9.17) is 11.6 Å². The van der Waals surface area contributed by atoms with E-state index in [1.54, 1.807) is 11.3 Å². The number of amides is 1. The van der Waals surface area contributed by atoms with Crippen molar-refractivity contribution in [3.05, 3.63) is 50.9 Å². The van der Waals surface area contributed by atoms with Crippen LogP contribution in [0, 0.1) is 6.92 Å². The number of nitrogens with zero attached hydrogens (tertiary/aromatic N) is 1. The van der Waals surface area contributed by atoms with Crippen LogP contribution in [0.2, 0.25) is 5.02 Å². The van der Waals surface area contributed by atoms with Crippen LogP contribution < -0.4 is 5.32 Å². The SMILES string of the molecule is Cc1nc(CCNC(=O)CCc2ccccc2Cl)cs1. The lowest BCUT2D eigenvalue weighted by Gasteiger charge is -2.05. The van der Waals surface area contributed by atoms with Crippen LogP contribution in [0.5, 0.6) is 0 Å².